The highest BCUT2D eigenvalue weighted by molar-refractivity contribution is 6.24. The summed E-state index contributed by atoms with van der Waals surface area (Å²) in [6.07, 6.45) is 6.13. The maximum atomic E-state index is 14.9. The molecule has 35 heavy (non-hydrogen) atoms. The number of nitrogens with two attached hydrogens (primary N) is 2. The van der Waals surface area contributed by atoms with E-state index in [0.717, 1.165) is 6.20 Å². The van der Waals surface area contributed by atoms with Gasteiger partial charge in [0.1, 0.15) is 22.7 Å². The molecular weight excluding hydrogens is 453 g/mol. The molecule has 2 heterocycles. The fraction of sp³-hybridized carbons (Fsp3) is 0.458. The molecule has 0 spiro atoms. The largest absolute Gasteiger partial charge is 0.460 e. The SMILES string of the molecule is CC(=C/N)/C=N/C(C)=C(/C(=N)N)C(=O)Nc1cncc(F)c1N1CCC(C(=O)OC(C)(C)C)CC1. The number of ether oxygens (including phenoxy) is 1. The monoisotopic (exact) mass is 487 g/mol. The van der Waals surface area contributed by atoms with Crippen molar-refractivity contribution in [1.82, 2.24) is 4.98 Å². The van der Waals surface area contributed by atoms with Crippen molar-refractivity contribution in [3.63, 3.8) is 0 Å². The van der Waals surface area contributed by atoms with E-state index in [4.69, 9.17) is 21.6 Å². The molecule has 1 fully saturated rings. The first-order valence-corrected chi connectivity index (χ1v) is 11.2. The maximum Gasteiger partial charge on any atom is 0.309 e. The minimum Gasteiger partial charge on any atom is -0.460 e. The van der Waals surface area contributed by atoms with Crippen LogP contribution in [0.25, 0.3) is 0 Å². The minimum absolute atomic E-state index is 0.124. The van der Waals surface area contributed by atoms with Gasteiger partial charge in [-0.3, -0.25) is 25.0 Å². The first kappa shape index (κ1) is 27.5. The van der Waals surface area contributed by atoms with Crippen molar-refractivity contribution in [2.75, 3.05) is 23.3 Å². The molecule has 6 N–H and O–H groups in total. The number of rotatable bonds is 7. The van der Waals surface area contributed by atoms with E-state index >= 15 is 0 Å². The number of nitrogens with one attached hydrogen (secondary N) is 2. The fourth-order valence-electron chi connectivity index (χ4n) is 3.54. The quantitative estimate of drug-likeness (QED) is 0.199. The number of carbonyl (C=O) groups excluding carboxylic acids is 2. The highest BCUT2D eigenvalue weighted by Gasteiger charge is 2.31. The summed E-state index contributed by atoms with van der Waals surface area (Å²) < 4.78 is 20.3. The molecule has 0 bridgehead atoms. The molecule has 0 saturated carbocycles. The molecule has 1 aliphatic heterocycles. The van der Waals surface area contributed by atoms with Gasteiger partial charge in [-0.1, -0.05) is 0 Å². The zero-order valence-electron chi connectivity index (χ0n) is 20.8. The summed E-state index contributed by atoms with van der Waals surface area (Å²) in [5, 5.41) is 10.4. The van der Waals surface area contributed by atoms with Crippen molar-refractivity contribution in [1.29, 1.82) is 5.41 Å². The molecular formula is C24H34FN7O3. The molecule has 2 rings (SSSR count). The zero-order valence-corrected chi connectivity index (χ0v) is 20.8. The number of esters is 1. The molecule has 0 aliphatic carbocycles. The lowest BCUT2D eigenvalue weighted by molar-refractivity contribution is -0.160. The van der Waals surface area contributed by atoms with Crippen LogP contribution in [-0.4, -0.2) is 47.6 Å². The summed E-state index contributed by atoms with van der Waals surface area (Å²) in [4.78, 5) is 35.2. The van der Waals surface area contributed by atoms with E-state index in [-0.39, 0.29) is 34.5 Å². The molecule has 1 saturated heterocycles. The Morgan fingerprint density at radius 1 is 1.29 bits per heavy atom. The lowest BCUT2D eigenvalue weighted by Gasteiger charge is -2.34. The van der Waals surface area contributed by atoms with Gasteiger partial charge in [-0.05, 0) is 59.2 Å². The Bertz CT molecular complexity index is 1070. The Morgan fingerprint density at radius 3 is 2.46 bits per heavy atom. The van der Waals surface area contributed by atoms with Crippen molar-refractivity contribution in [2.45, 2.75) is 53.1 Å². The van der Waals surface area contributed by atoms with E-state index in [2.05, 4.69) is 15.3 Å². The lowest BCUT2D eigenvalue weighted by Crippen LogP contribution is -2.39. The topological polar surface area (TPSA) is 160 Å². The molecule has 10 nitrogen and oxygen atoms in total. The van der Waals surface area contributed by atoms with Crippen LogP contribution in [0.4, 0.5) is 15.8 Å². The molecule has 0 atom stereocenters. The highest BCUT2D eigenvalue weighted by atomic mass is 19.1. The molecule has 0 unspecified atom stereocenters. The van der Waals surface area contributed by atoms with Crippen LogP contribution in [0.15, 0.2) is 40.4 Å². The molecule has 190 valence electrons. The van der Waals surface area contributed by atoms with Crippen molar-refractivity contribution in [3.8, 4) is 0 Å². The van der Waals surface area contributed by atoms with Crippen LogP contribution in [0.1, 0.15) is 47.5 Å². The number of hydrogen-bond acceptors (Lipinski definition) is 8. The predicted molar refractivity (Wildman–Crippen MR) is 135 cm³/mol. The minimum atomic E-state index is -0.723. The van der Waals surface area contributed by atoms with Crippen LogP contribution in [-0.2, 0) is 14.3 Å². The number of amidine groups is 1. The van der Waals surface area contributed by atoms with Gasteiger partial charge < -0.3 is 26.4 Å². The van der Waals surface area contributed by atoms with Gasteiger partial charge in [-0.2, -0.15) is 0 Å². The summed E-state index contributed by atoms with van der Waals surface area (Å²) in [5.41, 5.74) is 11.4. The maximum absolute atomic E-state index is 14.9. The molecule has 11 heteroatoms. The number of carbonyl (C=O) groups is 2. The standard InChI is InChI=1S/C24H34FN7O3/c1-14(10-26)11-30-15(2)19(21(27)28)22(33)31-18-13-29-12-17(25)20(18)32-8-6-16(7-9-32)23(34)35-24(3,4)5/h10-13,16H,6-9,26H2,1-5H3,(H3,27,28)(H,31,33)/b14-10-,19-15-,30-11+. The van der Waals surface area contributed by atoms with Crippen LogP contribution in [0, 0.1) is 17.1 Å². The number of allylic oxidation sites excluding steroid dienone is 2. The second-order valence-electron chi connectivity index (χ2n) is 9.31. The van der Waals surface area contributed by atoms with Crippen molar-refractivity contribution in [2.24, 2.45) is 22.4 Å². The van der Waals surface area contributed by atoms with Crippen molar-refractivity contribution in [3.05, 3.63) is 41.3 Å². The van der Waals surface area contributed by atoms with Gasteiger partial charge >= 0.3 is 5.97 Å². The van der Waals surface area contributed by atoms with Gasteiger partial charge in [0.15, 0.2) is 5.82 Å². The van der Waals surface area contributed by atoms with E-state index in [9.17, 15) is 14.0 Å². The number of pyridine rings is 1. The van der Waals surface area contributed by atoms with Gasteiger partial charge in [-0.15, -0.1) is 0 Å². The Morgan fingerprint density at radius 2 is 1.91 bits per heavy atom. The van der Waals surface area contributed by atoms with Crippen molar-refractivity contribution < 1.29 is 18.7 Å². The summed E-state index contributed by atoms with van der Waals surface area (Å²) >= 11 is 0. The summed E-state index contributed by atoms with van der Waals surface area (Å²) in [6, 6.07) is 0. The van der Waals surface area contributed by atoms with Crippen LogP contribution in [0.2, 0.25) is 0 Å². The van der Waals surface area contributed by atoms with Crippen molar-refractivity contribution >= 4 is 35.3 Å². The number of anilines is 2. The second kappa shape index (κ2) is 11.6. The average molecular weight is 488 g/mol. The summed E-state index contributed by atoms with van der Waals surface area (Å²) in [6.45, 7) is 9.47. The fourth-order valence-corrected chi connectivity index (χ4v) is 3.54. The number of halogens is 1. The van der Waals surface area contributed by atoms with Crippen LogP contribution in [0.5, 0.6) is 0 Å². The summed E-state index contributed by atoms with van der Waals surface area (Å²) in [7, 11) is 0. The van der Waals surface area contributed by atoms with Crippen LogP contribution >= 0.6 is 0 Å². The van der Waals surface area contributed by atoms with Gasteiger partial charge in [0.2, 0.25) is 0 Å². The first-order valence-electron chi connectivity index (χ1n) is 11.2. The smallest absolute Gasteiger partial charge is 0.309 e. The van der Waals surface area contributed by atoms with Gasteiger partial charge in [-0.25, -0.2) is 4.39 Å². The third kappa shape index (κ3) is 7.62. The molecule has 1 aromatic heterocycles. The van der Waals surface area contributed by atoms with Gasteiger partial charge in [0.25, 0.3) is 5.91 Å². The normalized spacial score (nSPS) is 16.2. The van der Waals surface area contributed by atoms with Crippen LogP contribution in [0.3, 0.4) is 0 Å². The van der Waals surface area contributed by atoms with Gasteiger partial charge in [0, 0.05) is 19.3 Å². The van der Waals surface area contributed by atoms with Gasteiger partial charge in [0.05, 0.1) is 29.7 Å². The average Bonchev–Trinajstić information content (AvgIpc) is 2.76. The predicted octanol–water partition coefficient (Wildman–Crippen LogP) is 2.86. The Kier molecular flexibility index (Phi) is 9.10. The Hall–Kier alpha value is -3.76. The Balaban J connectivity index is 2.25. The zero-order chi connectivity index (χ0) is 26.3. The molecule has 0 radical (unpaired) electrons. The van der Waals surface area contributed by atoms with E-state index in [1.165, 1.54) is 25.5 Å². The molecule has 0 aromatic carbocycles. The number of nitrogens with zero attached hydrogens (tertiary/aromatic N) is 3. The summed E-state index contributed by atoms with van der Waals surface area (Å²) in [5.74, 6) is -2.39. The third-order valence-electron chi connectivity index (χ3n) is 5.26. The Labute approximate surface area is 204 Å². The van der Waals surface area contributed by atoms with E-state index in [1.54, 1.807) is 11.8 Å². The second-order valence-corrected chi connectivity index (χ2v) is 9.31. The molecule has 1 aliphatic rings. The lowest BCUT2D eigenvalue weighted by atomic mass is 9.96. The van der Waals surface area contributed by atoms with E-state index < -0.39 is 23.2 Å². The number of amides is 1. The van der Waals surface area contributed by atoms with E-state index in [0.29, 0.717) is 31.5 Å². The third-order valence-corrected chi connectivity index (χ3v) is 5.26. The number of hydrogen-bond donors (Lipinski definition) is 4. The number of piperidine rings is 1. The molecule has 1 amide bonds. The highest BCUT2D eigenvalue weighted by Crippen LogP contribution is 2.33. The molecule has 1 aromatic rings. The first-order chi connectivity index (χ1) is 16.3. The number of aromatic nitrogens is 1. The number of aliphatic imine (C=N–C) groups is 1. The van der Waals surface area contributed by atoms with E-state index in [1.807, 2.05) is 20.8 Å². The van der Waals surface area contributed by atoms with Crippen LogP contribution < -0.4 is 21.7 Å².